The Morgan fingerprint density at radius 1 is 1.56 bits per heavy atom. The van der Waals surface area contributed by atoms with E-state index in [9.17, 15) is 4.79 Å². The number of carbonyl (C=O) groups is 1. The van der Waals surface area contributed by atoms with E-state index in [0.717, 1.165) is 6.42 Å². The van der Waals surface area contributed by atoms with Gasteiger partial charge >= 0.3 is 0 Å². The zero-order chi connectivity index (χ0) is 12.1. The Labute approximate surface area is 96.2 Å². The van der Waals surface area contributed by atoms with E-state index in [1.807, 2.05) is 7.05 Å². The number of amides is 1. The van der Waals surface area contributed by atoms with E-state index in [1.54, 1.807) is 24.0 Å². The molecule has 2 N–H and O–H groups in total. The lowest BCUT2D eigenvalue weighted by Crippen LogP contribution is -2.39. The van der Waals surface area contributed by atoms with Gasteiger partial charge < -0.3 is 10.6 Å². The third kappa shape index (κ3) is 3.66. The maximum Gasteiger partial charge on any atom is 0.242 e. The molecule has 1 aromatic heterocycles. The number of anilines is 1. The number of aromatic nitrogens is 2. The molecule has 1 rings (SSSR count). The Balaban J connectivity index is 2.55. The van der Waals surface area contributed by atoms with E-state index < -0.39 is 0 Å². The van der Waals surface area contributed by atoms with E-state index >= 15 is 0 Å². The highest BCUT2D eigenvalue weighted by Crippen LogP contribution is 2.07. The van der Waals surface area contributed by atoms with Crippen molar-refractivity contribution in [2.45, 2.75) is 26.3 Å². The average molecular weight is 224 g/mol. The number of likely N-dealkylation sites (N-methyl/N-ethyl adjacent to an activating group) is 1. The number of rotatable bonds is 5. The molecule has 0 aliphatic carbocycles. The fourth-order valence-corrected chi connectivity index (χ4v) is 1.52. The van der Waals surface area contributed by atoms with Gasteiger partial charge in [-0.3, -0.25) is 9.48 Å². The second-order valence-electron chi connectivity index (χ2n) is 4.33. The van der Waals surface area contributed by atoms with Crippen molar-refractivity contribution < 1.29 is 4.79 Å². The van der Waals surface area contributed by atoms with Gasteiger partial charge in [0.05, 0.1) is 6.04 Å². The zero-order valence-electron chi connectivity index (χ0n) is 10.3. The summed E-state index contributed by atoms with van der Waals surface area (Å²) in [7, 11) is 3.62. The Kier molecular flexibility index (Phi) is 4.49. The van der Waals surface area contributed by atoms with Gasteiger partial charge in [0.1, 0.15) is 0 Å². The van der Waals surface area contributed by atoms with Crippen molar-refractivity contribution >= 4 is 11.7 Å². The summed E-state index contributed by atoms with van der Waals surface area (Å²) in [5, 5.41) is 9.90. The molecule has 0 saturated heterocycles. The topological polar surface area (TPSA) is 59.0 Å². The second-order valence-corrected chi connectivity index (χ2v) is 4.33. The van der Waals surface area contributed by atoms with Gasteiger partial charge in [0, 0.05) is 19.3 Å². The summed E-state index contributed by atoms with van der Waals surface area (Å²) in [6, 6.07) is 1.61. The monoisotopic (exact) mass is 224 g/mol. The largest absolute Gasteiger partial charge is 0.309 e. The third-order valence-electron chi connectivity index (χ3n) is 2.34. The molecule has 0 aromatic carbocycles. The van der Waals surface area contributed by atoms with Gasteiger partial charge in [-0.25, -0.2) is 0 Å². The number of aryl methyl sites for hydroxylation is 1. The Morgan fingerprint density at radius 2 is 2.25 bits per heavy atom. The molecule has 0 spiro atoms. The molecule has 16 heavy (non-hydrogen) atoms. The van der Waals surface area contributed by atoms with Crippen molar-refractivity contribution in [3.8, 4) is 0 Å². The summed E-state index contributed by atoms with van der Waals surface area (Å²) in [6.07, 6.45) is 2.61. The summed E-state index contributed by atoms with van der Waals surface area (Å²) in [6.45, 7) is 4.19. The molecule has 0 aliphatic heterocycles. The molecule has 1 amide bonds. The van der Waals surface area contributed by atoms with Crippen LogP contribution in [-0.2, 0) is 11.8 Å². The fourth-order valence-electron chi connectivity index (χ4n) is 1.52. The van der Waals surface area contributed by atoms with E-state index in [4.69, 9.17) is 0 Å². The molecule has 1 atom stereocenters. The van der Waals surface area contributed by atoms with Crippen LogP contribution in [0.1, 0.15) is 20.3 Å². The van der Waals surface area contributed by atoms with Gasteiger partial charge in [0.25, 0.3) is 0 Å². The van der Waals surface area contributed by atoms with E-state index in [2.05, 4.69) is 29.6 Å². The minimum absolute atomic E-state index is 0.0325. The molecule has 0 saturated carbocycles. The predicted molar refractivity (Wildman–Crippen MR) is 64.1 cm³/mol. The first kappa shape index (κ1) is 12.7. The first-order chi connectivity index (χ1) is 7.52. The average Bonchev–Trinajstić information content (AvgIpc) is 2.60. The number of nitrogens with one attached hydrogen (secondary N) is 2. The van der Waals surface area contributed by atoms with Gasteiger partial charge in [0.15, 0.2) is 5.82 Å². The number of hydrogen-bond donors (Lipinski definition) is 2. The summed E-state index contributed by atoms with van der Waals surface area (Å²) < 4.78 is 1.66. The van der Waals surface area contributed by atoms with Crippen molar-refractivity contribution in [2.24, 2.45) is 13.0 Å². The van der Waals surface area contributed by atoms with Crippen LogP contribution < -0.4 is 10.6 Å². The van der Waals surface area contributed by atoms with Crippen molar-refractivity contribution in [1.82, 2.24) is 15.1 Å². The minimum Gasteiger partial charge on any atom is -0.309 e. The Hall–Kier alpha value is -1.36. The van der Waals surface area contributed by atoms with Gasteiger partial charge in [0.2, 0.25) is 5.91 Å². The van der Waals surface area contributed by atoms with Gasteiger partial charge in [-0.2, -0.15) is 5.10 Å². The third-order valence-corrected chi connectivity index (χ3v) is 2.34. The first-order valence-corrected chi connectivity index (χ1v) is 5.50. The molecule has 5 nitrogen and oxygen atoms in total. The molecule has 0 radical (unpaired) electrons. The van der Waals surface area contributed by atoms with Crippen molar-refractivity contribution in [3.63, 3.8) is 0 Å². The van der Waals surface area contributed by atoms with Gasteiger partial charge in [-0.05, 0) is 19.4 Å². The molecule has 5 heteroatoms. The molecular formula is C11H20N4O. The van der Waals surface area contributed by atoms with Crippen LogP contribution in [0.5, 0.6) is 0 Å². The van der Waals surface area contributed by atoms with E-state index in [-0.39, 0.29) is 11.9 Å². The van der Waals surface area contributed by atoms with E-state index in [0.29, 0.717) is 11.7 Å². The van der Waals surface area contributed by atoms with Crippen LogP contribution >= 0.6 is 0 Å². The Bertz CT molecular complexity index is 346. The molecule has 1 aromatic rings. The van der Waals surface area contributed by atoms with Gasteiger partial charge in [-0.1, -0.05) is 13.8 Å². The SMILES string of the molecule is CNC(CC(C)C)C(=O)Nc1ccn(C)n1. The number of hydrogen-bond acceptors (Lipinski definition) is 3. The van der Waals surface area contributed by atoms with Crippen molar-refractivity contribution in [1.29, 1.82) is 0 Å². The van der Waals surface area contributed by atoms with Crippen LogP contribution in [0.2, 0.25) is 0 Å². The van der Waals surface area contributed by atoms with Crippen LogP contribution in [0.25, 0.3) is 0 Å². The summed E-state index contributed by atoms with van der Waals surface area (Å²) in [4.78, 5) is 11.9. The lowest BCUT2D eigenvalue weighted by atomic mass is 10.0. The quantitative estimate of drug-likeness (QED) is 0.784. The first-order valence-electron chi connectivity index (χ1n) is 5.50. The van der Waals surface area contributed by atoms with Crippen molar-refractivity contribution in [3.05, 3.63) is 12.3 Å². The highest BCUT2D eigenvalue weighted by molar-refractivity contribution is 5.93. The summed E-state index contributed by atoms with van der Waals surface area (Å²) >= 11 is 0. The molecule has 0 fully saturated rings. The summed E-state index contributed by atoms with van der Waals surface area (Å²) in [5.74, 6) is 1.04. The molecule has 1 heterocycles. The van der Waals surface area contributed by atoms with Crippen LogP contribution in [0, 0.1) is 5.92 Å². The molecule has 0 bridgehead atoms. The minimum atomic E-state index is -0.165. The lowest BCUT2D eigenvalue weighted by molar-refractivity contribution is -0.118. The second kappa shape index (κ2) is 5.65. The van der Waals surface area contributed by atoms with Crippen LogP contribution in [0.15, 0.2) is 12.3 Å². The number of nitrogens with zero attached hydrogens (tertiary/aromatic N) is 2. The molecular weight excluding hydrogens is 204 g/mol. The highest BCUT2D eigenvalue weighted by atomic mass is 16.2. The standard InChI is InChI=1S/C11H20N4O/c1-8(2)7-9(12-3)11(16)13-10-5-6-15(4)14-10/h5-6,8-9,12H,7H2,1-4H3,(H,13,14,16). The van der Waals surface area contributed by atoms with Crippen LogP contribution in [-0.4, -0.2) is 28.8 Å². The Morgan fingerprint density at radius 3 is 2.69 bits per heavy atom. The highest BCUT2D eigenvalue weighted by Gasteiger charge is 2.18. The fraction of sp³-hybridized carbons (Fsp3) is 0.636. The molecule has 1 unspecified atom stereocenters. The summed E-state index contributed by atoms with van der Waals surface area (Å²) in [5.41, 5.74) is 0. The van der Waals surface area contributed by atoms with Crippen LogP contribution in [0.4, 0.5) is 5.82 Å². The number of carbonyl (C=O) groups excluding carboxylic acids is 1. The maximum absolute atomic E-state index is 11.9. The molecule has 0 aliphatic rings. The van der Waals surface area contributed by atoms with E-state index in [1.165, 1.54) is 0 Å². The lowest BCUT2D eigenvalue weighted by Gasteiger charge is -2.16. The smallest absolute Gasteiger partial charge is 0.242 e. The maximum atomic E-state index is 11.9. The van der Waals surface area contributed by atoms with Crippen molar-refractivity contribution in [2.75, 3.05) is 12.4 Å². The zero-order valence-corrected chi connectivity index (χ0v) is 10.3. The molecule has 90 valence electrons. The van der Waals surface area contributed by atoms with Crippen LogP contribution in [0.3, 0.4) is 0 Å². The predicted octanol–water partition coefficient (Wildman–Crippen LogP) is 0.993. The normalized spacial score (nSPS) is 12.8. The van der Waals surface area contributed by atoms with Gasteiger partial charge in [-0.15, -0.1) is 0 Å².